The molecule has 2 aliphatic rings. The summed E-state index contributed by atoms with van der Waals surface area (Å²) in [6.45, 7) is 1.00. The number of nitrogens with one attached hydrogen (secondary N) is 1. The minimum Gasteiger partial charge on any atom is -0.334 e. The van der Waals surface area contributed by atoms with E-state index in [0.29, 0.717) is 0 Å². The third-order valence-electron chi connectivity index (χ3n) is 2.94. The highest BCUT2D eigenvalue weighted by molar-refractivity contribution is 14.1. The van der Waals surface area contributed by atoms with Crippen LogP contribution in [0, 0.1) is 9.49 Å². The highest BCUT2D eigenvalue weighted by Gasteiger charge is 2.35. The van der Waals surface area contributed by atoms with E-state index in [-0.39, 0.29) is 0 Å². The number of hydrogen-bond donors (Lipinski definition) is 1. The van der Waals surface area contributed by atoms with E-state index < -0.39 is 0 Å². The van der Waals surface area contributed by atoms with E-state index in [2.05, 4.69) is 57.2 Å². The maximum Gasteiger partial charge on any atom is 0.161 e. The number of anilines is 1. The maximum absolute atomic E-state index is 4.58. The van der Waals surface area contributed by atoms with Crippen molar-refractivity contribution >= 4 is 45.2 Å². The van der Waals surface area contributed by atoms with Gasteiger partial charge in [-0.1, -0.05) is 23.9 Å². The molecule has 1 heterocycles. The zero-order valence-corrected chi connectivity index (χ0v) is 11.8. The lowest BCUT2D eigenvalue weighted by Gasteiger charge is -2.09. The molecular weight excluding hydrogens is 331 g/mol. The molecule has 0 bridgehead atoms. The van der Waals surface area contributed by atoms with E-state index in [4.69, 9.17) is 0 Å². The van der Waals surface area contributed by atoms with E-state index in [0.717, 1.165) is 22.9 Å². The standard InChI is InChI=1S/C12H13IN2S/c13-9-3-1-2-4-10(9)15-12-14-7-11(16-12)8-5-6-8/h1-4,8,11H,5-7H2,(H,14,15). The summed E-state index contributed by atoms with van der Waals surface area (Å²) in [5.41, 5.74) is 1.17. The molecule has 1 aromatic carbocycles. The number of aliphatic imine (C=N–C) groups is 1. The van der Waals surface area contributed by atoms with Crippen molar-refractivity contribution < 1.29 is 0 Å². The smallest absolute Gasteiger partial charge is 0.161 e. The molecule has 16 heavy (non-hydrogen) atoms. The van der Waals surface area contributed by atoms with Crippen LogP contribution in [0.25, 0.3) is 0 Å². The van der Waals surface area contributed by atoms with Crippen LogP contribution in [0.3, 0.4) is 0 Å². The van der Waals surface area contributed by atoms with Gasteiger partial charge in [0, 0.05) is 8.82 Å². The summed E-state index contributed by atoms with van der Waals surface area (Å²) in [5, 5.41) is 5.27. The van der Waals surface area contributed by atoms with Crippen molar-refractivity contribution in [3.63, 3.8) is 0 Å². The lowest BCUT2D eigenvalue weighted by molar-refractivity contribution is 0.773. The average Bonchev–Trinajstić information content (AvgIpc) is 3.03. The first-order valence-corrected chi connectivity index (χ1v) is 7.51. The van der Waals surface area contributed by atoms with Gasteiger partial charge in [-0.15, -0.1) is 0 Å². The van der Waals surface area contributed by atoms with Crippen LogP contribution >= 0.6 is 34.4 Å². The lowest BCUT2D eigenvalue weighted by Crippen LogP contribution is -2.09. The van der Waals surface area contributed by atoms with Crippen LogP contribution in [0.15, 0.2) is 29.3 Å². The van der Waals surface area contributed by atoms with Gasteiger partial charge in [-0.25, -0.2) is 0 Å². The monoisotopic (exact) mass is 344 g/mol. The zero-order valence-electron chi connectivity index (χ0n) is 8.82. The molecule has 4 heteroatoms. The molecule has 1 aromatic rings. The highest BCUT2D eigenvalue weighted by atomic mass is 127. The number of para-hydroxylation sites is 1. The average molecular weight is 344 g/mol. The van der Waals surface area contributed by atoms with Gasteiger partial charge < -0.3 is 5.32 Å². The van der Waals surface area contributed by atoms with Crippen molar-refractivity contribution in [2.45, 2.75) is 18.1 Å². The number of nitrogens with zero attached hydrogens (tertiary/aromatic N) is 1. The van der Waals surface area contributed by atoms with Gasteiger partial charge in [0.05, 0.1) is 12.2 Å². The van der Waals surface area contributed by atoms with Crippen LogP contribution in [0.1, 0.15) is 12.8 Å². The Bertz CT molecular complexity index is 429. The Morgan fingerprint density at radius 1 is 1.31 bits per heavy atom. The van der Waals surface area contributed by atoms with Crippen molar-refractivity contribution in [2.24, 2.45) is 10.9 Å². The first-order valence-electron chi connectivity index (χ1n) is 5.55. The Hall–Kier alpha value is -0.230. The van der Waals surface area contributed by atoms with Gasteiger partial charge in [0.15, 0.2) is 5.17 Å². The molecule has 1 unspecified atom stereocenters. The fraction of sp³-hybridized carbons (Fsp3) is 0.417. The Balaban J connectivity index is 1.65. The van der Waals surface area contributed by atoms with Gasteiger partial charge in [-0.2, -0.15) is 0 Å². The van der Waals surface area contributed by atoms with Crippen LogP contribution < -0.4 is 5.32 Å². The molecule has 1 atom stereocenters. The third-order valence-corrected chi connectivity index (χ3v) is 5.17. The SMILES string of the molecule is Ic1ccccc1NC1=NCC(C2CC2)S1. The second kappa shape index (κ2) is 4.56. The van der Waals surface area contributed by atoms with Gasteiger partial charge >= 0.3 is 0 Å². The first kappa shape index (κ1) is 10.9. The second-order valence-corrected chi connectivity index (χ2v) is 6.63. The minimum absolute atomic E-state index is 0.740. The summed E-state index contributed by atoms with van der Waals surface area (Å²) < 4.78 is 1.25. The van der Waals surface area contributed by atoms with Crippen molar-refractivity contribution in [3.05, 3.63) is 27.8 Å². The van der Waals surface area contributed by atoms with Gasteiger partial charge in [0.1, 0.15) is 0 Å². The molecule has 0 saturated heterocycles. The molecule has 1 aliphatic carbocycles. The molecule has 0 aromatic heterocycles. The van der Waals surface area contributed by atoms with Crippen LogP contribution in [0.4, 0.5) is 5.69 Å². The summed E-state index contributed by atoms with van der Waals surface area (Å²) in [4.78, 5) is 4.58. The molecule has 1 aliphatic heterocycles. The van der Waals surface area contributed by atoms with Gasteiger partial charge in [-0.3, -0.25) is 4.99 Å². The van der Waals surface area contributed by atoms with E-state index in [1.165, 1.54) is 22.1 Å². The molecule has 0 radical (unpaired) electrons. The summed E-state index contributed by atoms with van der Waals surface area (Å²) in [7, 11) is 0. The predicted octanol–water partition coefficient (Wildman–Crippen LogP) is 3.58. The Morgan fingerprint density at radius 2 is 2.12 bits per heavy atom. The second-order valence-electron chi connectivity index (χ2n) is 4.24. The molecule has 0 amide bonds. The quantitative estimate of drug-likeness (QED) is 0.830. The number of amidine groups is 1. The largest absolute Gasteiger partial charge is 0.334 e. The van der Waals surface area contributed by atoms with Gasteiger partial charge in [0.2, 0.25) is 0 Å². The Kier molecular flexibility index (Phi) is 3.11. The molecule has 3 rings (SSSR count). The molecular formula is C12H13IN2S. The first-order chi connectivity index (χ1) is 7.83. The Labute approximate surface area is 113 Å². The maximum atomic E-state index is 4.58. The van der Waals surface area contributed by atoms with E-state index >= 15 is 0 Å². The van der Waals surface area contributed by atoms with Crippen molar-refractivity contribution in [1.29, 1.82) is 0 Å². The van der Waals surface area contributed by atoms with Crippen LogP contribution in [0.2, 0.25) is 0 Å². The number of halogens is 1. The number of thioether (sulfide) groups is 1. The number of hydrogen-bond acceptors (Lipinski definition) is 3. The zero-order chi connectivity index (χ0) is 11.0. The molecule has 2 nitrogen and oxygen atoms in total. The molecule has 1 fully saturated rings. The van der Waals surface area contributed by atoms with E-state index in [9.17, 15) is 0 Å². The fourth-order valence-corrected chi connectivity index (χ4v) is 3.59. The van der Waals surface area contributed by atoms with Gasteiger partial charge in [0.25, 0.3) is 0 Å². The van der Waals surface area contributed by atoms with E-state index in [1.54, 1.807) is 0 Å². The minimum atomic E-state index is 0.740. The van der Waals surface area contributed by atoms with Crippen molar-refractivity contribution in [2.75, 3.05) is 11.9 Å². The number of rotatable bonds is 2. The normalized spacial score (nSPS) is 24.3. The molecule has 1 saturated carbocycles. The van der Waals surface area contributed by atoms with E-state index in [1.807, 2.05) is 11.8 Å². The molecule has 84 valence electrons. The molecule has 0 spiro atoms. The van der Waals surface area contributed by atoms with Crippen LogP contribution in [0.5, 0.6) is 0 Å². The predicted molar refractivity (Wildman–Crippen MR) is 79.2 cm³/mol. The molecule has 1 N–H and O–H groups in total. The summed E-state index contributed by atoms with van der Waals surface area (Å²) >= 11 is 4.27. The summed E-state index contributed by atoms with van der Waals surface area (Å²) in [5.74, 6) is 0.933. The number of benzene rings is 1. The fourth-order valence-electron chi connectivity index (χ4n) is 1.85. The summed E-state index contributed by atoms with van der Waals surface area (Å²) in [6, 6.07) is 8.34. The third kappa shape index (κ3) is 2.37. The van der Waals surface area contributed by atoms with Crippen molar-refractivity contribution in [1.82, 2.24) is 0 Å². The van der Waals surface area contributed by atoms with Crippen LogP contribution in [-0.2, 0) is 0 Å². The van der Waals surface area contributed by atoms with Crippen LogP contribution in [-0.4, -0.2) is 17.0 Å². The lowest BCUT2D eigenvalue weighted by atomic mass is 10.3. The van der Waals surface area contributed by atoms with Crippen molar-refractivity contribution in [3.8, 4) is 0 Å². The summed E-state index contributed by atoms with van der Waals surface area (Å²) in [6.07, 6.45) is 2.81. The van der Waals surface area contributed by atoms with Gasteiger partial charge in [-0.05, 0) is 53.5 Å². The topological polar surface area (TPSA) is 24.4 Å². The highest BCUT2D eigenvalue weighted by Crippen LogP contribution is 2.42. The Morgan fingerprint density at radius 3 is 2.88 bits per heavy atom.